The summed E-state index contributed by atoms with van der Waals surface area (Å²) >= 11 is 0. The topological polar surface area (TPSA) is 113 Å². The molecule has 0 aromatic rings. The first kappa shape index (κ1) is 42.3. The number of allylic oxidation sites excluding steroid dienone is 8. The molecule has 0 rings (SSSR count). The minimum Gasteiger partial charge on any atom is -0.462 e. The Bertz CT molecular complexity index is 898. The van der Waals surface area contributed by atoms with Gasteiger partial charge in [-0.2, -0.15) is 0 Å². The number of carbonyl (C=O) groups is 2. The average Bonchev–Trinajstić information content (AvgIpc) is 3.01. The molecule has 7 heteroatoms. The Labute approximate surface area is 273 Å². The van der Waals surface area contributed by atoms with Gasteiger partial charge in [-0.05, 0) is 44.4 Å². The predicted octanol–water partition coefficient (Wildman–Crippen LogP) is 8.02. The van der Waals surface area contributed by atoms with Crippen molar-refractivity contribution >= 4 is 11.9 Å². The second kappa shape index (κ2) is 31.3. The summed E-state index contributed by atoms with van der Waals surface area (Å²) in [5.41, 5.74) is 0. The van der Waals surface area contributed by atoms with E-state index < -0.39 is 30.9 Å². The van der Waals surface area contributed by atoms with Crippen LogP contribution in [0.3, 0.4) is 0 Å². The lowest BCUT2D eigenvalue weighted by molar-refractivity contribution is -0.161. The van der Waals surface area contributed by atoms with Crippen LogP contribution in [-0.4, -0.2) is 58.8 Å². The highest BCUT2D eigenvalue weighted by molar-refractivity contribution is 5.70. The van der Waals surface area contributed by atoms with Gasteiger partial charge >= 0.3 is 11.9 Å². The standard InChI is InChI=1S/C38H62O7/c1-4-5-17-25-34(40)26-19-13-9-7-10-14-20-27-35(41)28-21-16-23-30-38(43)45-36(31-39)32-44-37(42)29-22-15-11-6-8-12-18-24-33(2)3/h5,9-10,13-14,17,19-21,26-28,33-36,39-41H,4,6-8,11-12,15-16,18,22-25,29-32H2,1-3H3/b13-9-,14-10-,17-5-,26-19+,27-20+,28-21-/t34-,35-,36-/m0/s1. The van der Waals surface area contributed by atoms with Gasteiger partial charge in [0.15, 0.2) is 6.10 Å². The van der Waals surface area contributed by atoms with Crippen LogP contribution in [0.1, 0.15) is 117 Å². The van der Waals surface area contributed by atoms with Gasteiger partial charge in [0.1, 0.15) is 6.61 Å². The minimum absolute atomic E-state index is 0.140. The van der Waals surface area contributed by atoms with E-state index in [4.69, 9.17) is 9.47 Å². The normalized spacial score (nSPS) is 14.6. The van der Waals surface area contributed by atoms with E-state index in [1.807, 2.05) is 48.6 Å². The van der Waals surface area contributed by atoms with E-state index in [2.05, 4.69) is 20.8 Å². The van der Waals surface area contributed by atoms with Gasteiger partial charge in [0.2, 0.25) is 0 Å². The molecule has 0 aliphatic rings. The number of carbonyl (C=O) groups excluding carboxylic acids is 2. The highest BCUT2D eigenvalue weighted by Gasteiger charge is 2.16. The Morgan fingerprint density at radius 3 is 2.02 bits per heavy atom. The second-order valence-corrected chi connectivity index (χ2v) is 11.7. The van der Waals surface area contributed by atoms with Crippen LogP contribution < -0.4 is 0 Å². The maximum atomic E-state index is 12.1. The summed E-state index contributed by atoms with van der Waals surface area (Å²) in [6.45, 7) is 6.03. The van der Waals surface area contributed by atoms with E-state index >= 15 is 0 Å². The van der Waals surface area contributed by atoms with E-state index in [1.54, 1.807) is 24.3 Å². The van der Waals surface area contributed by atoms with Crippen molar-refractivity contribution in [2.45, 2.75) is 135 Å². The van der Waals surface area contributed by atoms with Gasteiger partial charge in [0, 0.05) is 12.8 Å². The molecule has 0 radical (unpaired) electrons. The third-order valence-electron chi connectivity index (χ3n) is 6.87. The number of aliphatic hydroxyl groups excluding tert-OH is 3. The summed E-state index contributed by atoms with van der Waals surface area (Å²) in [6, 6.07) is 0. The number of ether oxygens (including phenoxy) is 2. The van der Waals surface area contributed by atoms with Gasteiger partial charge in [-0.1, -0.05) is 139 Å². The number of aliphatic hydroxyl groups is 3. The van der Waals surface area contributed by atoms with Crippen molar-refractivity contribution < 1.29 is 34.4 Å². The quantitative estimate of drug-likeness (QED) is 0.0347. The van der Waals surface area contributed by atoms with E-state index in [0.717, 1.165) is 38.0 Å². The number of hydrogen-bond acceptors (Lipinski definition) is 7. The summed E-state index contributed by atoms with van der Waals surface area (Å²) < 4.78 is 10.4. The van der Waals surface area contributed by atoms with Gasteiger partial charge in [0.05, 0.1) is 18.8 Å². The number of unbranched alkanes of at least 4 members (excludes halogenated alkanes) is 7. The van der Waals surface area contributed by atoms with Crippen LogP contribution in [0, 0.1) is 5.92 Å². The summed E-state index contributed by atoms with van der Waals surface area (Å²) in [4.78, 5) is 24.1. The number of hydrogen-bond donors (Lipinski definition) is 3. The molecule has 0 aliphatic heterocycles. The van der Waals surface area contributed by atoms with Crippen LogP contribution in [-0.2, 0) is 19.1 Å². The van der Waals surface area contributed by atoms with E-state index in [1.165, 1.54) is 32.1 Å². The van der Waals surface area contributed by atoms with Gasteiger partial charge in [-0.25, -0.2) is 0 Å². The SMILES string of the molecule is CC/C=C\C[C@H](O)/C=C/C=C\C/C=C\C=C\[C@H](O)/C=C\CCCC(=O)O[C@@H](CO)COC(=O)CCCCCCCCCC(C)C. The van der Waals surface area contributed by atoms with Crippen LogP contribution in [0.25, 0.3) is 0 Å². The van der Waals surface area contributed by atoms with Crippen molar-refractivity contribution in [3.63, 3.8) is 0 Å². The first-order valence-electron chi connectivity index (χ1n) is 17.1. The van der Waals surface area contributed by atoms with Crippen molar-refractivity contribution in [3.8, 4) is 0 Å². The zero-order chi connectivity index (χ0) is 33.4. The van der Waals surface area contributed by atoms with Crippen molar-refractivity contribution in [3.05, 3.63) is 72.9 Å². The molecule has 45 heavy (non-hydrogen) atoms. The lowest BCUT2D eigenvalue weighted by Gasteiger charge is -2.15. The summed E-state index contributed by atoms with van der Waals surface area (Å²) in [7, 11) is 0. The molecule has 0 fully saturated rings. The fourth-order valence-corrected chi connectivity index (χ4v) is 4.24. The molecular weight excluding hydrogens is 568 g/mol. The van der Waals surface area contributed by atoms with Crippen LogP contribution >= 0.6 is 0 Å². The zero-order valence-corrected chi connectivity index (χ0v) is 28.2. The molecule has 0 saturated carbocycles. The highest BCUT2D eigenvalue weighted by Crippen LogP contribution is 2.13. The first-order valence-corrected chi connectivity index (χ1v) is 17.1. The largest absolute Gasteiger partial charge is 0.462 e. The van der Waals surface area contributed by atoms with Crippen LogP contribution in [0.4, 0.5) is 0 Å². The molecule has 0 bridgehead atoms. The van der Waals surface area contributed by atoms with Crippen molar-refractivity contribution in [2.75, 3.05) is 13.2 Å². The summed E-state index contributed by atoms with van der Waals surface area (Å²) in [6.07, 6.45) is 33.3. The summed E-state index contributed by atoms with van der Waals surface area (Å²) in [5.74, 6) is -0.0140. The Balaban J connectivity index is 3.95. The predicted molar refractivity (Wildman–Crippen MR) is 185 cm³/mol. The molecule has 3 N–H and O–H groups in total. The van der Waals surface area contributed by atoms with Crippen molar-refractivity contribution in [1.82, 2.24) is 0 Å². The molecule has 0 aromatic heterocycles. The molecule has 0 unspecified atom stereocenters. The molecule has 0 amide bonds. The van der Waals surface area contributed by atoms with Gasteiger partial charge in [-0.3, -0.25) is 9.59 Å². The van der Waals surface area contributed by atoms with Crippen LogP contribution in [0.2, 0.25) is 0 Å². The minimum atomic E-state index is -0.860. The van der Waals surface area contributed by atoms with Crippen molar-refractivity contribution in [2.24, 2.45) is 5.92 Å². The van der Waals surface area contributed by atoms with Gasteiger partial charge in [-0.15, -0.1) is 0 Å². The van der Waals surface area contributed by atoms with Gasteiger partial charge < -0.3 is 24.8 Å². The molecule has 0 heterocycles. The lowest BCUT2D eigenvalue weighted by Crippen LogP contribution is -2.28. The summed E-state index contributed by atoms with van der Waals surface area (Å²) in [5, 5.41) is 29.3. The fourth-order valence-electron chi connectivity index (χ4n) is 4.24. The Kier molecular flexibility index (Phi) is 29.3. The number of esters is 2. The molecule has 7 nitrogen and oxygen atoms in total. The third kappa shape index (κ3) is 31.0. The molecular formula is C38H62O7. The third-order valence-corrected chi connectivity index (χ3v) is 6.87. The van der Waals surface area contributed by atoms with E-state index in [-0.39, 0.29) is 19.0 Å². The molecule has 0 saturated heterocycles. The smallest absolute Gasteiger partial charge is 0.306 e. The highest BCUT2D eigenvalue weighted by atomic mass is 16.6. The molecule has 256 valence electrons. The average molecular weight is 631 g/mol. The lowest BCUT2D eigenvalue weighted by atomic mass is 10.0. The van der Waals surface area contributed by atoms with Crippen molar-refractivity contribution in [1.29, 1.82) is 0 Å². The van der Waals surface area contributed by atoms with E-state index in [9.17, 15) is 24.9 Å². The maximum Gasteiger partial charge on any atom is 0.306 e. The number of rotatable bonds is 28. The monoisotopic (exact) mass is 630 g/mol. The Morgan fingerprint density at radius 2 is 1.36 bits per heavy atom. The van der Waals surface area contributed by atoms with Crippen LogP contribution in [0.5, 0.6) is 0 Å². The molecule has 0 aromatic carbocycles. The zero-order valence-electron chi connectivity index (χ0n) is 28.2. The fraction of sp³-hybridized carbons (Fsp3) is 0.632. The van der Waals surface area contributed by atoms with Crippen LogP contribution in [0.15, 0.2) is 72.9 Å². The second-order valence-electron chi connectivity index (χ2n) is 11.7. The van der Waals surface area contributed by atoms with E-state index in [0.29, 0.717) is 25.7 Å². The maximum absolute atomic E-state index is 12.1. The molecule has 3 atom stereocenters. The Morgan fingerprint density at radius 1 is 0.711 bits per heavy atom. The first-order chi connectivity index (χ1) is 21.8. The van der Waals surface area contributed by atoms with Gasteiger partial charge in [0.25, 0.3) is 0 Å². The molecule has 0 aliphatic carbocycles. The molecule has 0 spiro atoms. The Hall–Kier alpha value is -2.74.